The molecule has 24 heavy (non-hydrogen) atoms. The van der Waals surface area contributed by atoms with Gasteiger partial charge in [0.05, 0.1) is 4.90 Å². The van der Waals surface area contributed by atoms with Crippen LogP contribution in [-0.4, -0.2) is 25.8 Å². The first kappa shape index (κ1) is 17.1. The van der Waals surface area contributed by atoms with Gasteiger partial charge >= 0.3 is 0 Å². The second kappa shape index (κ2) is 6.67. The van der Waals surface area contributed by atoms with Crippen molar-refractivity contribution in [2.75, 3.05) is 13.1 Å². The van der Waals surface area contributed by atoms with Crippen LogP contribution in [0, 0.1) is 12.7 Å². The normalized spacial score (nSPS) is 16.0. The summed E-state index contributed by atoms with van der Waals surface area (Å²) in [6, 6.07) is 11.0. The second-order valence-corrected chi connectivity index (χ2v) is 8.11. The molecule has 126 valence electrons. The topological polar surface area (TPSA) is 37.4 Å². The predicted molar refractivity (Wildman–Crippen MR) is 93.9 cm³/mol. The Kier molecular flexibility index (Phi) is 4.76. The highest BCUT2D eigenvalue weighted by atomic mass is 35.5. The summed E-state index contributed by atoms with van der Waals surface area (Å²) in [4.78, 5) is 0.205. The van der Waals surface area contributed by atoms with Crippen molar-refractivity contribution in [1.29, 1.82) is 0 Å². The first-order valence-corrected chi connectivity index (χ1v) is 9.41. The lowest BCUT2D eigenvalue weighted by atomic mass is 10.0. The van der Waals surface area contributed by atoms with Crippen molar-refractivity contribution in [3.8, 4) is 0 Å². The minimum atomic E-state index is -3.57. The van der Waals surface area contributed by atoms with E-state index in [4.69, 9.17) is 11.6 Å². The minimum absolute atomic E-state index is 0.205. The van der Waals surface area contributed by atoms with Crippen molar-refractivity contribution in [3.63, 3.8) is 0 Å². The zero-order valence-corrected chi connectivity index (χ0v) is 14.7. The molecule has 3 nitrogen and oxygen atoms in total. The third-order valence-corrected chi connectivity index (χ3v) is 6.44. The summed E-state index contributed by atoms with van der Waals surface area (Å²) in [7, 11) is -3.57. The van der Waals surface area contributed by atoms with Crippen molar-refractivity contribution in [2.45, 2.75) is 18.2 Å². The molecule has 0 amide bonds. The minimum Gasteiger partial charge on any atom is -0.207 e. The molecule has 0 atom stereocenters. The molecular formula is C18H17ClFNO2S. The molecule has 1 aliphatic rings. The van der Waals surface area contributed by atoms with E-state index in [2.05, 4.69) is 0 Å². The predicted octanol–water partition coefficient (Wildman–Crippen LogP) is 4.27. The third kappa shape index (κ3) is 3.38. The van der Waals surface area contributed by atoms with Gasteiger partial charge in [0.2, 0.25) is 10.0 Å². The Bertz CT molecular complexity index is 892. The molecule has 0 unspecified atom stereocenters. The fraction of sp³-hybridized carbons (Fsp3) is 0.222. The summed E-state index contributed by atoms with van der Waals surface area (Å²) in [6.45, 7) is 2.51. The van der Waals surface area contributed by atoms with Crippen LogP contribution in [0.3, 0.4) is 0 Å². The van der Waals surface area contributed by atoms with Crippen molar-refractivity contribution < 1.29 is 12.8 Å². The molecule has 3 rings (SSSR count). The van der Waals surface area contributed by atoms with Gasteiger partial charge in [-0.15, -0.1) is 0 Å². The number of halogens is 2. The van der Waals surface area contributed by atoms with Crippen molar-refractivity contribution in [2.24, 2.45) is 0 Å². The van der Waals surface area contributed by atoms with E-state index in [-0.39, 0.29) is 10.7 Å². The molecule has 0 saturated carbocycles. The van der Waals surface area contributed by atoms with Crippen molar-refractivity contribution in [1.82, 2.24) is 4.31 Å². The Balaban J connectivity index is 1.82. The van der Waals surface area contributed by atoms with Gasteiger partial charge in [0, 0.05) is 18.1 Å². The largest absolute Gasteiger partial charge is 0.243 e. The van der Waals surface area contributed by atoms with Crippen LogP contribution in [0.1, 0.15) is 17.5 Å². The van der Waals surface area contributed by atoms with Crippen LogP contribution >= 0.6 is 11.6 Å². The van der Waals surface area contributed by atoms with Crippen LogP contribution in [0.25, 0.3) is 5.57 Å². The zero-order valence-electron chi connectivity index (χ0n) is 13.2. The Morgan fingerprint density at radius 3 is 2.42 bits per heavy atom. The zero-order chi connectivity index (χ0) is 17.3. The van der Waals surface area contributed by atoms with E-state index in [9.17, 15) is 12.8 Å². The standard InChI is InChI=1S/C18H17ClFNO2S/c1-13-2-7-17(12-18(13)19)24(22,23)21-10-8-15(9-11-21)14-3-5-16(20)6-4-14/h2-8,12H,9-11H2,1H3. The van der Waals surface area contributed by atoms with Crippen LogP contribution in [0.2, 0.25) is 5.02 Å². The highest BCUT2D eigenvalue weighted by Gasteiger charge is 2.26. The smallest absolute Gasteiger partial charge is 0.207 e. The quantitative estimate of drug-likeness (QED) is 0.814. The van der Waals surface area contributed by atoms with E-state index in [1.165, 1.54) is 22.5 Å². The fourth-order valence-corrected chi connectivity index (χ4v) is 4.33. The van der Waals surface area contributed by atoms with Gasteiger partial charge in [-0.25, -0.2) is 12.8 Å². The van der Waals surface area contributed by atoms with E-state index in [1.54, 1.807) is 24.3 Å². The van der Waals surface area contributed by atoms with E-state index in [0.29, 0.717) is 24.5 Å². The fourth-order valence-electron chi connectivity index (χ4n) is 2.68. The Hall–Kier alpha value is -1.69. The molecule has 2 aromatic carbocycles. The number of sulfonamides is 1. The number of nitrogens with zero attached hydrogens (tertiary/aromatic N) is 1. The summed E-state index contributed by atoms with van der Waals surface area (Å²) in [5.41, 5.74) is 2.79. The molecule has 6 heteroatoms. The molecule has 0 bridgehead atoms. The van der Waals surface area contributed by atoms with E-state index in [0.717, 1.165) is 16.7 Å². The molecule has 1 heterocycles. The van der Waals surface area contributed by atoms with Gasteiger partial charge in [0.1, 0.15) is 5.82 Å². The van der Waals surface area contributed by atoms with Crippen LogP contribution in [0.5, 0.6) is 0 Å². The monoisotopic (exact) mass is 365 g/mol. The van der Waals surface area contributed by atoms with E-state index in [1.807, 2.05) is 13.0 Å². The summed E-state index contributed by atoms with van der Waals surface area (Å²) in [6.07, 6.45) is 2.47. The molecule has 0 saturated heterocycles. The van der Waals surface area contributed by atoms with E-state index < -0.39 is 10.0 Å². The number of aryl methyl sites for hydroxylation is 1. The number of rotatable bonds is 3. The van der Waals surface area contributed by atoms with Gasteiger partial charge in [-0.05, 0) is 54.3 Å². The SMILES string of the molecule is Cc1ccc(S(=O)(=O)N2CC=C(c3ccc(F)cc3)CC2)cc1Cl. The average molecular weight is 366 g/mol. The molecule has 2 aromatic rings. The lowest BCUT2D eigenvalue weighted by molar-refractivity contribution is 0.441. The molecule has 1 aliphatic heterocycles. The Morgan fingerprint density at radius 2 is 1.83 bits per heavy atom. The van der Waals surface area contributed by atoms with Gasteiger partial charge in [-0.2, -0.15) is 4.31 Å². The Labute approximate surface area is 146 Å². The maximum Gasteiger partial charge on any atom is 0.243 e. The van der Waals surface area contributed by atoms with E-state index >= 15 is 0 Å². The molecule has 0 aromatic heterocycles. The lowest BCUT2D eigenvalue weighted by Gasteiger charge is -2.26. The van der Waals surface area contributed by atoms with Crippen LogP contribution < -0.4 is 0 Å². The maximum atomic E-state index is 13.0. The lowest BCUT2D eigenvalue weighted by Crippen LogP contribution is -2.34. The summed E-state index contributed by atoms with van der Waals surface area (Å²) in [5.74, 6) is -0.282. The highest BCUT2D eigenvalue weighted by molar-refractivity contribution is 7.89. The van der Waals surface area contributed by atoms with Crippen LogP contribution in [-0.2, 0) is 10.0 Å². The first-order valence-electron chi connectivity index (χ1n) is 7.59. The number of hydrogen-bond acceptors (Lipinski definition) is 2. The molecule has 0 fully saturated rings. The molecule has 0 spiro atoms. The third-order valence-electron chi connectivity index (χ3n) is 4.17. The van der Waals surface area contributed by atoms with Crippen molar-refractivity contribution in [3.05, 3.63) is 70.5 Å². The molecular weight excluding hydrogens is 349 g/mol. The van der Waals surface area contributed by atoms with Crippen LogP contribution in [0.15, 0.2) is 53.4 Å². The number of benzene rings is 2. The second-order valence-electron chi connectivity index (χ2n) is 5.76. The van der Waals surface area contributed by atoms with Gasteiger partial charge in [-0.1, -0.05) is 35.9 Å². The van der Waals surface area contributed by atoms with Crippen LogP contribution in [0.4, 0.5) is 4.39 Å². The summed E-state index contributed by atoms with van der Waals surface area (Å²) >= 11 is 6.05. The van der Waals surface area contributed by atoms with Gasteiger partial charge in [0.15, 0.2) is 0 Å². The van der Waals surface area contributed by atoms with Gasteiger partial charge < -0.3 is 0 Å². The molecule has 0 radical (unpaired) electrons. The Morgan fingerprint density at radius 1 is 1.12 bits per heavy atom. The summed E-state index contributed by atoms with van der Waals surface area (Å²) in [5, 5.41) is 0.440. The van der Waals surface area contributed by atoms with Gasteiger partial charge in [-0.3, -0.25) is 0 Å². The maximum absolute atomic E-state index is 13.0. The number of hydrogen-bond donors (Lipinski definition) is 0. The van der Waals surface area contributed by atoms with Crippen molar-refractivity contribution >= 4 is 27.2 Å². The van der Waals surface area contributed by atoms with Gasteiger partial charge in [0.25, 0.3) is 0 Å². The summed E-state index contributed by atoms with van der Waals surface area (Å²) < 4.78 is 39.9. The molecule has 0 N–H and O–H groups in total. The first-order chi connectivity index (χ1) is 11.4. The average Bonchev–Trinajstić information content (AvgIpc) is 2.58. The highest BCUT2D eigenvalue weighted by Crippen LogP contribution is 2.27. The molecule has 0 aliphatic carbocycles.